The number of H-pyrrole nitrogens is 1. The Hall–Kier alpha value is -1.84. The number of nitrogens with one attached hydrogen (secondary N) is 1. The number of aromatic amines is 1. The van der Waals surface area contributed by atoms with Gasteiger partial charge in [0.25, 0.3) is 0 Å². The summed E-state index contributed by atoms with van der Waals surface area (Å²) in [7, 11) is 0. The van der Waals surface area contributed by atoms with E-state index in [-0.39, 0.29) is 5.92 Å². The predicted molar refractivity (Wildman–Crippen MR) is 66.0 cm³/mol. The molecule has 0 aliphatic carbocycles. The van der Waals surface area contributed by atoms with Crippen molar-refractivity contribution in [2.75, 3.05) is 0 Å². The lowest BCUT2D eigenvalue weighted by Gasteiger charge is -2.12. The summed E-state index contributed by atoms with van der Waals surface area (Å²) < 4.78 is 0. The molecular weight excluding hydrogens is 216 g/mol. The van der Waals surface area contributed by atoms with Crippen molar-refractivity contribution in [1.29, 1.82) is 0 Å². The number of carbonyl (C=O) groups is 1. The van der Waals surface area contributed by atoms with Crippen LogP contribution in [-0.2, 0) is 4.79 Å². The number of nitrogens with zero attached hydrogens (tertiary/aromatic N) is 1. The third-order valence-corrected chi connectivity index (χ3v) is 2.88. The molecule has 2 aromatic rings. The van der Waals surface area contributed by atoms with Crippen LogP contribution in [0.1, 0.15) is 31.2 Å². The molecular formula is C13H16N2O2. The normalized spacial score (nSPS) is 13.2. The molecule has 1 atom stereocenters. The van der Waals surface area contributed by atoms with Crippen molar-refractivity contribution >= 4 is 17.0 Å². The zero-order valence-electron chi connectivity index (χ0n) is 10.2. The second-order valence-corrected chi connectivity index (χ2v) is 4.70. The SMILES string of the molecule is Cc1ccc2nc(C(C(=O)O)C(C)C)[nH]c2c1. The predicted octanol–water partition coefficient (Wildman–Crippen LogP) is 2.70. The summed E-state index contributed by atoms with van der Waals surface area (Å²) in [6.07, 6.45) is 0. The fourth-order valence-electron chi connectivity index (χ4n) is 2.01. The first-order valence-corrected chi connectivity index (χ1v) is 5.68. The van der Waals surface area contributed by atoms with Gasteiger partial charge in [-0.25, -0.2) is 4.98 Å². The van der Waals surface area contributed by atoms with Gasteiger partial charge in [0, 0.05) is 0 Å². The fourth-order valence-corrected chi connectivity index (χ4v) is 2.01. The van der Waals surface area contributed by atoms with E-state index >= 15 is 0 Å². The first-order chi connectivity index (χ1) is 7.99. The van der Waals surface area contributed by atoms with Crippen LogP contribution in [0.15, 0.2) is 18.2 Å². The lowest BCUT2D eigenvalue weighted by Crippen LogP contribution is -2.18. The van der Waals surface area contributed by atoms with E-state index in [9.17, 15) is 9.90 Å². The highest BCUT2D eigenvalue weighted by atomic mass is 16.4. The number of hydrogen-bond donors (Lipinski definition) is 2. The number of hydrogen-bond acceptors (Lipinski definition) is 2. The van der Waals surface area contributed by atoms with Gasteiger partial charge in [-0.05, 0) is 30.5 Å². The summed E-state index contributed by atoms with van der Waals surface area (Å²) in [6, 6.07) is 5.85. The second kappa shape index (κ2) is 4.20. The van der Waals surface area contributed by atoms with Crippen LogP contribution < -0.4 is 0 Å². The number of carboxylic acid groups (broad SMARTS) is 1. The van der Waals surface area contributed by atoms with Gasteiger partial charge < -0.3 is 10.1 Å². The quantitative estimate of drug-likeness (QED) is 0.855. The Balaban J connectivity index is 2.51. The van der Waals surface area contributed by atoms with Crippen LogP contribution >= 0.6 is 0 Å². The number of aromatic nitrogens is 2. The van der Waals surface area contributed by atoms with Crippen molar-refractivity contribution in [3.8, 4) is 0 Å². The summed E-state index contributed by atoms with van der Waals surface area (Å²) in [5, 5.41) is 9.22. The Morgan fingerprint density at radius 3 is 2.71 bits per heavy atom. The molecule has 4 heteroatoms. The number of aryl methyl sites for hydroxylation is 1. The Bertz CT molecular complexity index is 558. The van der Waals surface area contributed by atoms with E-state index in [1.165, 1.54) is 0 Å². The van der Waals surface area contributed by atoms with Gasteiger partial charge in [0.1, 0.15) is 11.7 Å². The summed E-state index contributed by atoms with van der Waals surface area (Å²) >= 11 is 0. The highest BCUT2D eigenvalue weighted by molar-refractivity contribution is 5.80. The monoisotopic (exact) mass is 232 g/mol. The summed E-state index contributed by atoms with van der Waals surface area (Å²) in [6.45, 7) is 5.77. The van der Waals surface area contributed by atoms with Gasteiger partial charge in [-0.3, -0.25) is 4.79 Å². The molecule has 0 fully saturated rings. The molecule has 4 nitrogen and oxygen atoms in total. The van der Waals surface area contributed by atoms with Gasteiger partial charge in [0.15, 0.2) is 0 Å². The zero-order valence-corrected chi connectivity index (χ0v) is 10.2. The molecule has 1 unspecified atom stereocenters. The standard InChI is InChI=1S/C13H16N2O2/c1-7(2)11(13(16)17)12-14-9-5-4-8(3)6-10(9)15-12/h4-7,11H,1-3H3,(H,14,15)(H,16,17). The summed E-state index contributed by atoms with van der Waals surface area (Å²) in [5.74, 6) is -0.874. The highest BCUT2D eigenvalue weighted by Gasteiger charge is 2.26. The summed E-state index contributed by atoms with van der Waals surface area (Å²) in [4.78, 5) is 18.7. The Morgan fingerprint density at radius 1 is 1.41 bits per heavy atom. The molecule has 17 heavy (non-hydrogen) atoms. The number of carboxylic acids is 1. The molecule has 0 amide bonds. The van der Waals surface area contributed by atoms with Crippen molar-refractivity contribution in [3.63, 3.8) is 0 Å². The van der Waals surface area contributed by atoms with Gasteiger partial charge in [-0.1, -0.05) is 19.9 Å². The lowest BCUT2D eigenvalue weighted by atomic mass is 9.95. The fraction of sp³-hybridized carbons (Fsp3) is 0.385. The molecule has 1 aromatic carbocycles. The van der Waals surface area contributed by atoms with Crippen molar-refractivity contribution < 1.29 is 9.90 Å². The molecule has 1 aromatic heterocycles. The van der Waals surface area contributed by atoms with Gasteiger partial charge >= 0.3 is 5.97 Å². The van der Waals surface area contributed by atoms with Crippen LogP contribution in [0.2, 0.25) is 0 Å². The van der Waals surface area contributed by atoms with E-state index in [2.05, 4.69) is 9.97 Å². The van der Waals surface area contributed by atoms with E-state index in [0.29, 0.717) is 5.82 Å². The number of imidazole rings is 1. The average molecular weight is 232 g/mol. The Labute approximate surface area is 99.7 Å². The first-order valence-electron chi connectivity index (χ1n) is 5.68. The minimum atomic E-state index is -0.837. The molecule has 0 aliphatic rings. The molecule has 0 bridgehead atoms. The van der Waals surface area contributed by atoms with E-state index in [1.54, 1.807) is 0 Å². The maximum Gasteiger partial charge on any atom is 0.314 e. The average Bonchev–Trinajstić information content (AvgIpc) is 2.58. The van der Waals surface area contributed by atoms with Crippen LogP contribution in [0.25, 0.3) is 11.0 Å². The van der Waals surface area contributed by atoms with Gasteiger partial charge in [-0.15, -0.1) is 0 Å². The van der Waals surface area contributed by atoms with E-state index in [0.717, 1.165) is 16.6 Å². The van der Waals surface area contributed by atoms with Gasteiger partial charge in [-0.2, -0.15) is 0 Å². The van der Waals surface area contributed by atoms with Gasteiger partial charge in [0.05, 0.1) is 11.0 Å². The van der Waals surface area contributed by atoms with Gasteiger partial charge in [0.2, 0.25) is 0 Å². The number of aliphatic carboxylic acids is 1. The largest absolute Gasteiger partial charge is 0.481 e. The summed E-state index contributed by atoms with van der Waals surface area (Å²) in [5.41, 5.74) is 2.84. The van der Waals surface area contributed by atoms with Crippen LogP contribution in [-0.4, -0.2) is 21.0 Å². The third-order valence-electron chi connectivity index (χ3n) is 2.88. The molecule has 0 radical (unpaired) electrons. The van der Waals surface area contributed by atoms with Crippen molar-refractivity contribution in [3.05, 3.63) is 29.6 Å². The molecule has 0 aliphatic heterocycles. The minimum absolute atomic E-state index is 0.00848. The van der Waals surface area contributed by atoms with Crippen molar-refractivity contribution in [2.45, 2.75) is 26.7 Å². The Morgan fingerprint density at radius 2 is 2.12 bits per heavy atom. The van der Waals surface area contributed by atoms with Crippen LogP contribution in [0.3, 0.4) is 0 Å². The first kappa shape index (κ1) is 11.6. The molecule has 2 N–H and O–H groups in total. The van der Waals surface area contributed by atoms with Crippen LogP contribution in [0, 0.1) is 12.8 Å². The molecule has 0 saturated heterocycles. The number of benzene rings is 1. The molecule has 0 saturated carbocycles. The molecule has 0 spiro atoms. The molecule has 2 rings (SSSR count). The smallest absolute Gasteiger partial charge is 0.314 e. The van der Waals surface area contributed by atoms with E-state index in [1.807, 2.05) is 39.0 Å². The lowest BCUT2D eigenvalue weighted by molar-refractivity contribution is -0.140. The van der Waals surface area contributed by atoms with Crippen LogP contribution in [0.5, 0.6) is 0 Å². The third kappa shape index (κ3) is 2.16. The topological polar surface area (TPSA) is 66.0 Å². The van der Waals surface area contributed by atoms with Crippen LogP contribution in [0.4, 0.5) is 0 Å². The molecule has 1 heterocycles. The minimum Gasteiger partial charge on any atom is -0.481 e. The van der Waals surface area contributed by atoms with Crippen molar-refractivity contribution in [2.24, 2.45) is 5.92 Å². The number of fused-ring (bicyclic) bond motifs is 1. The second-order valence-electron chi connectivity index (χ2n) is 4.70. The molecule has 90 valence electrons. The number of rotatable bonds is 3. The highest BCUT2D eigenvalue weighted by Crippen LogP contribution is 2.25. The van der Waals surface area contributed by atoms with Crippen molar-refractivity contribution in [1.82, 2.24) is 9.97 Å². The maximum atomic E-state index is 11.2. The Kier molecular flexibility index (Phi) is 2.88. The zero-order chi connectivity index (χ0) is 12.6. The van der Waals surface area contributed by atoms with E-state index in [4.69, 9.17) is 0 Å². The maximum absolute atomic E-state index is 11.2. The van der Waals surface area contributed by atoms with E-state index < -0.39 is 11.9 Å².